The van der Waals surface area contributed by atoms with Crippen molar-refractivity contribution in [3.63, 3.8) is 0 Å². The fraction of sp³-hybridized carbons (Fsp3) is 0.171. The van der Waals surface area contributed by atoms with Gasteiger partial charge in [-0.15, -0.1) is 0 Å². The largest absolute Gasteiger partial charge is 0.497 e. The Kier molecular flexibility index (Phi) is 6.06. The lowest BCUT2D eigenvalue weighted by atomic mass is 9.64. The number of carbonyl (C=O) groups excluding carboxylic acids is 3. The van der Waals surface area contributed by atoms with E-state index >= 15 is 0 Å². The summed E-state index contributed by atoms with van der Waals surface area (Å²) in [5, 5.41) is 3.57. The third-order valence-corrected chi connectivity index (χ3v) is 9.17. The average Bonchev–Trinajstić information content (AvgIpc) is 3.49. The molecule has 1 amide bonds. The third-order valence-electron chi connectivity index (χ3n) is 8.92. The van der Waals surface area contributed by atoms with Crippen molar-refractivity contribution >= 4 is 46.0 Å². The van der Waals surface area contributed by atoms with Gasteiger partial charge in [0.1, 0.15) is 17.2 Å². The number of fused-ring (bicyclic) bond motifs is 6. The number of anilines is 2. The van der Waals surface area contributed by atoms with Crippen molar-refractivity contribution in [2.75, 3.05) is 17.3 Å². The summed E-state index contributed by atoms with van der Waals surface area (Å²) >= 11 is 6.18. The number of hydrogen-bond donors (Lipinski definition) is 1. The number of amides is 1. The topological polar surface area (TPSA) is 75.7 Å². The molecule has 42 heavy (non-hydrogen) atoms. The van der Waals surface area contributed by atoms with Gasteiger partial charge < -0.3 is 15.0 Å². The van der Waals surface area contributed by atoms with Crippen LogP contribution in [0.2, 0.25) is 5.02 Å². The summed E-state index contributed by atoms with van der Waals surface area (Å²) in [6, 6.07) is 27.3. The van der Waals surface area contributed by atoms with E-state index in [1.165, 1.54) is 0 Å². The highest BCUT2D eigenvalue weighted by atomic mass is 35.5. The molecule has 7 rings (SSSR count). The number of benzene rings is 4. The molecule has 0 radical (unpaired) electrons. The van der Waals surface area contributed by atoms with Gasteiger partial charge in [-0.2, -0.15) is 0 Å². The molecular formula is C35H27ClN2O4. The average molecular weight is 575 g/mol. The van der Waals surface area contributed by atoms with Gasteiger partial charge in [-0.25, -0.2) is 0 Å². The molecule has 208 valence electrons. The first-order valence-corrected chi connectivity index (χ1v) is 14.2. The summed E-state index contributed by atoms with van der Waals surface area (Å²) in [4.78, 5) is 46.1. The van der Waals surface area contributed by atoms with Gasteiger partial charge in [0.2, 0.25) is 5.91 Å². The minimum Gasteiger partial charge on any atom is -0.497 e. The lowest BCUT2D eigenvalue weighted by molar-refractivity contribution is -0.121. The van der Waals surface area contributed by atoms with E-state index in [1.54, 1.807) is 55.6 Å². The van der Waals surface area contributed by atoms with Crippen molar-refractivity contribution in [2.45, 2.75) is 24.4 Å². The van der Waals surface area contributed by atoms with Gasteiger partial charge in [-0.05, 0) is 66.6 Å². The summed E-state index contributed by atoms with van der Waals surface area (Å²) in [6.07, 6.45) is 2.05. The number of carbonyl (C=O) groups is 3. The van der Waals surface area contributed by atoms with Crippen molar-refractivity contribution in [1.29, 1.82) is 0 Å². The molecule has 0 bridgehead atoms. The van der Waals surface area contributed by atoms with Crippen molar-refractivity contribution in [3.8, 4) is 5.75 Å². The van der Waals surface area contributed by atoms with Crippen LogP contribution >= 0.6 is 11.6 Å². The molecule has 0 unspecified atom stereocenters. The summed E-state index contributed by atoms with van der Waals surface area (Å²) in [5.74, 6) is -1.39. The zero-order valence-electron chi connectivity index (χ0n) is 23.0. The number of ketones is 2. The molecule has 3 aliphatic rings. The second-order valence-corrected chi connectivity index (χ2v) is 11.4. The van der Waals surface area contributed by atoms with E-state index in [1.807, 2.05) is 66.4 Å². The van der Waals surface area contributed by atoms with Gasteiger partial charge in [0.25, 0.3) is 0 Å². The highest BCUT2D eigenvalue weighted by Crippen LogP contribution is 2.58. The zero-order valence-corrected chi connectivity index (χ0v) is 23.8. The van der Waals surface area contributed by atoms with Crippen LogP contribution < -0.4 is 15.0 Å². The van der Waals surface area contributed by atoms with Gasteiger partial charge in [0.15, 0.2) is 11.6 Å². The van der Waals surface area contributed by atoms with E-state index in [0.717, 1.165) is 16.8 Å². The maximum Gasteiger partial charge on any atom is 0.238 e. The molecule has 0 aromatic heterocycles. The number of nitrogens with zero attached hydrogens (tertiary/aromatic N) is 1. The number of halogens is 1. The minimum atomic E-state index is -1.38. The second kappa shape index (κ2) is 9.71. The number of rotatable bonds is 5. The fourth-order valence-corrected chi connectivity index (χ4v) is 7.25. The summed E-state index contributed by atoms with van der Waals surface area (Å²) < 4.78 is 5.44. The Bertz CT molecular complexity index is 1810. The van der Waals surface area contributed by atoms with Crippen LogP contribution in [0.25, 0.3) is 5.57 Å². The minimum absolute atomic E-state index is 0.255. The maximum absolute atomic E-state index is 14.9. The highest BCUT2D eigenvalue weighted by molar-refractivity contribution is 6.30. The number of nitrogens with one attached hydrogen (secondary N) is 1. The van der Waals surface area contributed by atoms with Crippen LogP contribution in [0.5, 0.6) is 5.75 Å². The number of hydrogen-bond acceptors (Lipinski definition) is 5. The van der Waals surface area contributed by atoms with Crippen LogP contribution in [0.1, 0.15) is 38.8 Å². The molecule has 1 spiro atoms. The van der Waals surface area contributed by atoms with E-state index < -0.39 is 23.4 Å². The van der Waals surface area contributed by atoms with Crippen LogP contribution in [0.3, 0.4) is 0 Å². The van der Waals surface area contributed by atoms with Crippen LogP contribution in [-0.2, 0) is 10.2 Å². The quantitative estimate of drug-likeness (QED) is 0.272. The molecule has 4 aromatic rings. The molecular weight excluding hydrogens is 548 g/mol. The Morgan fingerprint density at radius 3 is 2.40 bits per heavy atom. The SMILES string of the molecule is COc1cccc(C(=O)[C@@H]2[C@H](C(=O)c3ccc(Cl)cc3)N3c4ccccc4C(C)=C[C@H]3[C@@]23C(=O)Nc2ccccc23)c1. The first-order chi connectivity index (χ1) is 20.4. The Morgan fingerprint density at radius 2 is 1.62 bits per heavy atom. The molecule has 4 aromatic carbocycles. The number of Topliss-reactive ketones (excluding diaryl/α,β-unsaturated/α-hetero) is 2. The fourth-order valence-electron chi connectivity index (χ4n) is 7.13. The molecule has 1 saturated heterocycles. The molecule has 3 heterocycles. The summed E-state index contributed by atoms with van der Waals surface area (Å²) in [5.41, 5.74) is 3.52. The highest BCUT2D eigenvalue weighted by Gasteiger charge is 2.70. The number of ether oxygens (including phenoxy) is 1. The van der Waals surface area contributed by atoms with Crippen molar-refractivity contribution in [1.82, 2.24) is 0 Å². The van der Waals surface area contributed by atoms with E-state index in [4.69, 9.17) is 16.3 Å². The van der Waals surface area contributed by atoms with Crippen LogP contribution in [-0.4, -0.2) is 36.7 Å². The smallest absolute Gasteiger partial charge is 0.238 e. The molecule has 1 N–H and O–H groups in total. The Morgan fingerprint density at radius 1 is 0.881 bits per heavy atom. The standard InChI is InChI=1S/C35H27ClN2O4/c1-20-18-29-35(26-11-4-5-12-27(26)37-34(35)41)30(32(39)22-8-7-9-24(19-22)42-2)31(33(40)21-14-16-23(36)17-15-21)38(29)28-13-6-3-10-25(20)28/h3-19,29-31H,1-2H3,(H,37,41)/t29-,30-,31+,35+/m0/s1. The van der Waals surface area contributed by atoms with Gasteiger partial charge in [0, 0.05) is 33.1 Å². The molecule has 1 fully saturated rings. The predicted molar refractivity (Wildman–Crippen MR) is 163 cm³/mol. The monoisotopic (exact) mass is 574 g/mol. The first-order valence-electron chi connectivity index (χ1n) is 13.8. The predicted octanol–water partition coefficient (Wildman–Crippen LogP) is 6.59. The summed E-state index contributed by atoms with van der Waals surface area (Å²) in [6.45, 7) is 2.01. The second-order valence-electron chi connectivity index (χ2n) is 11.0. The van der Waals surface area contributed by atoms with Gasteiger partial charge >= 0.3 is 0 Å². The van der Waals surface area contributed by atoms with Gasteiger partial charge in [0.05, 0.1) is 19.1 Å². The van der Waals surface area contributed by atoms with Crippen LogP contribution in [0.4, 0.5) is 11.4 Å². The molecule has 6 nitrogen and oxygen atoms in total. The number of para-hydroxylation sites is 2. The van der Waals surface area contributed by atoms with E-state index in [0.29, 0.717) is 33.1 Å². The van der Waals surface area contributed by atoms with E-state index in [2.05, 4.69) is 5.32 Å². The molecule has 0 aliphatic carbocycles. The van der Waals surface area contributed by atoms with Crippen LogP contribution in [0.15, 0.2) is 103 Å². The normalized spacial score (nSPS) is 23.5. The number of methoxy groups -OCH3 is 1. The third kappa shape index (κ3) is 3.61. The van der Waals surface area contributed by atoms with Gasteiger partial charge in [-0.1, -0.05) is 66.2 Å². The zero-order chi connectivity index (χ0) is 29.2. The van der Waals surface area contributed by atoms with Crippen molar-refractivity contribution < 1.29 is 19.1 Å². The van der Waals surface area contributed by atoms with E-state index in [9.17, 15) is 14.4 Å². The Balaban J connectivity index is 1.55. The molecule has 4 atom stereocenters. The summed E-state index contributed by atoms with van der Waals surface area (Å²) in [7, 11) is 1.54. The Hall–Kier alpha value is -4.68. The van der Waals surface area contributed by atoms with Crippen molar-refractivity contribution in [3.05, 3.63) is 130 Å². The van der Waals surface area contributed by atoms with Crippen molar-refractivity contribution in [2.24, 2.45) is 5.92 Å². The molecule has 0 saturated carbocycles. The first kappa shape index (κ1) is 26.2. The number of allylic oxidation sites excluding steroid dienone is 1. The lowest BCUT2D eigenvalue weighted by Crippen LogP contribution is -2.51. The van der Waals surface area contributed by atoms with Gasteiger partial charge in [-0.3, -0.25) is 14.4 Å². The Labute approximate surface area is 248 Å². The molecule has 3 aliphatic heterocycles. The molecule has 7 heteroatoms. The van der Waals surface area contributed by atoms with E-state index in [-0.39, 0.29) is 17.5 Å². The van der Waals surface area contributed by atoms with Crippen LogP contribution in [0, 0.1) is 5.92 Å². The maximum atomic E-state index is 14.9. The lowest BCUT2D eigenvalue weighted by Gasteiger charge is -2.39.